The van der Waals surface area contributed by atoms with E-state index in [9.17, 15) is 9.59 Å². The lowest BCUT2D eigenvalue weighted by molar-refractivity contribution is 0.0954. The summed E-state index contributed by atoms with van der Waals surface area (Å²) >= 11 is 0. The Morgan fingerprint density at radius 3 is 2.26 bits per heavy atom. The van der Waals surface area contributed by atoms with Crippen LogP contribution < -0.4 is 10.7 Å². The molecule has 6 heteroatoms. The van der Waals surface area contributed by atoms with Gasteiger partial charge in [0.15, 0.2) is 0 Å². The van der Waals surface area contributed by atoms with Crippen molar-refractivity contribution in [1.29, 1.82) is 0 Å². The van der Waals surface area contributed by atoms with E-state index >= 15 is 0 Å². The molecule has 1 aromatic heterocycles. The van der Waals surface area contributed by atoms with Gasteiger partial charge in [-0.1, -0.05) is 45.0 Å². The minimum absolute atomic E-state index is 0.0283. The normalized spacial score (nSPS) is 11.8. The fourth-order valence-corrected chi connectivity index (χ4v) is 3.03. The van der Waals surface area contributed by atoms with Gasteiger partial charge >= 0.3 is 0 Å². The number of anilines is 1. The van der Waals surface area contributed by atoms with E-state index in [1.54, 1.807) is 44.2 Å². The zero-order valence-corrected chi connectivity index (χ0v) is 18.4. The highest BCUT2D eigenvalue weighted by Crippen LogP contribution is 2.22. The van der Waals surface area contributed by atoms with E-state index in [1.807, 2.05) is 24.3 Å². The number of rotatable bonds is 5. The summed E-state index contributed by atoms with van der Waals surface area (Å²) in [6.07, 6.45) is 1.48. The molecule has 0 atom stereocenters. The van der Waals surface area contributed by atoms with Crippen molar-refractivity contribution in [3.8, 4) is 0 Å². The third-order valence-electron chi connectivity index (χ3n) is 4.98. The lowest BCUT2D eigenvalue weighted by Gasteiger charge is -2.18. The maximum atomic E-state index is 12.4. The van der Waals surface area contributed by atoms with Crippen LogP contribution in [0.1, 0.15) is 65.3 Å². The van der Waals surface area contributed by atoms with Crippen molar-refractivity contribution in [3.05, 3.63) is 88.9 Å². The van der Waals surface area contributed by atoms with Gasteiger partial charge in [0, 0.05) is 11.3 Å². The third-order valence-corrected chi connectivity index (χ3v) is 4.98. The lowest BCUT2D eigenvalue weighted by Crippen LogP contribution is -2.20. The van der Waals surface area contributed by atoms with Crippen molar-refractivity contribution in [2.45, 2.75) is 40.0 Å². The quantitative estimate of drug-likeness (QED) is 0.437. The number of amides is 2. The van der Waals surface area contributed by atoms with E-state index in [2.05, 4.69) is 36.6 Å². The van der Waals surface area contributed by atoms with Crippen molar-refractivity contribution in [3.63, 3.8) is 0 Å². The summed E-state index contributed by atoms with van der Waals surface area (Å²) in [6.45, 7) is 9.92. The molecule has 0 spiro atoms. The largest absolute Gasteiger partial charge is 0.469 e. The van der Waals surface area contributed by atoms with Gasteiger partial charge < -0.3 is 9.73 Å². The van der Waals surface area contributed by atoms with Gasteiger partial charge in [0.2, 0.25) is 0 Å². The molecule has 1 heterocycles. The highest BCUT2D eigenvalue weighted by atomic mass is 16.3. The molecule has 0 unspecified atom stereocenters. The minimum Gasteiger partial charge on any atom is -0.469 e. The Labute approximate surface area is 182 Å². The molecule has 0 saturated heterocycles. The first-order valence-electron chi connectivity index (χ1n) is 10.1. The number of hydrogen-bond acceptors (Lipinski definition) is 4. The van der Waals surface area contributed by atoms with Crippen LogP contribution in [0.5, 0.6) is 0 Å². The molecule has 2 amide bonds. The van der Waals surface area contributed by atoms with Gasteiger partial charge in [-0.3, -0.25) is 9.59 Å². The number of aryl methyl sites for hydroxylation is 1. The van der Waals surface area contributed by atoms with Crippen molar-refractivity contribution >= 4 is 23.2 Å². The second-order valence-corrected chi connectivity index (χ2v) is 8.39. The Morgan fingerprint density at radius 1 is 0.935 bits per heavy atom. The standard InChI is InChI=1S/C25H27N3O3/c1-16(27-28-23(29)18-9-11-20(12-10-18)25(3,4)5)19-7-6-8-21(15-19)26-24(30)22-13-14-31-17(22)2/h6-15H,1-5H3,(H,26,30)(H,28,29)/b27-16-. The zero-order valence-electron chi connectivity index (χ0n) is 18.4. The number of carbonyl (C=O) groups excluding carboxylic acids is 2. The van der Waals surface area contributed by atoms with E-state index < -0.39 is 0 Å². The fourth-order valence-electron chi connectivity index (χ4n) is 3.03. The van der Waals surface area contributed by atoms with Crippen LogP contribution in [0.2, 0.25) is 0 Å². The van der Waals surface area contributed by atoms with Crippen LogP contribution in [0.15, 0.2) is 70.4 Å². The minimum atomic E-state index is -0.278. The first-order valence-corrected chi connectivity index (χ1v) is 10.1. The number of hydrazone groups is 1. The molecule has 6 nitrogen and oxygen atoms in total. The number of hydrogen-bond donors (Lipinski definition) is 2. The van der Waals surface area contributed by atoms with E-state index in [1.165, 1.54) is 6.26 Å². The second-order valence-electron chi connectivity index (χ2n) is 8.39. The Bertz CT molecular complexity index is 1120. The van der Waals surface area contributed by atoms with Crippen LogP contribution in [0.3, 0.4) is 0 Å². The number of nitrogens with zero attached hydrogens (tertiary/aromatic N) is 1. The van der Waals surface area contributed by atoms with Gasteiger partial charge in [-0.15, -0.1) is 0 Å². The smallest absolute Gasteiger partial charge is 0.271 e. The molecule has 3 rings (SSSR count). The highest BCUT2D eigenvalue weighted by Gasteiger charge is 2.14. The summed E-state index contributed by atoms with van der Waals surface area (Å²) in [5, 5.41) is 7.06. The highest BCUT2D eigenvalue weighted by molar-refractivity contribution is 6.06. The molecule has 0 fully saturated rings. The SMILES string of the molecule is C/C(=N/NC(=O)c1ccc(C(C)(C)C)cc1)c1cccc(NC(=O)c2ccoc2C)c1. The van der Waals surface area contributed by atoms with Crippen molar-refractivity contribution in [2.75, 3.05) is 5.32 Å². The van der Waals surface area contributed by atoms with Gasteiger partial charge in [0.1, 0.15) is 5.76 Å². The zero-order chi connectivity index (χ0) is 22.6. The van der Waals surface area contributed by atoms with Crippen LogP contribution in [0, 0.1) is 6.92 Å². The molecule has 160 valence electrons. The first-order chi connectivity index (χ1) is 14.6. The Hall–Kier alpha value is -3.67. The van der Waals surface area contributed by atoms with Crippen molar-refractivity contribution < 1.29 is 14.0 Å². The average Bonchev–Trinajstić information content (AvgIpc) is 3.17. The fraction of sp³-hybridized carbons (Fsp3) is 0.240. The molecular weight excluding hydrogens is 390 g/mol. The molecule has 0 aliphatic rings. The molecule has 31 heavy (non-hydrogen) atoms. The number of furan rings is 1. The predicted molar refractivity (Wildman–Crippen MR) is 123 cm³/mol. The maximum absolute atomic E-state index is 12.4. The molecule has 0 bridgehead atoms. The van der Waals surface area contributed by atoms with Gasteiger partial charge in [0.05, 0.1) is 17.5 Å². The molecule has 2 N–H and O–H groups in total. The van der Waals surface area contributed by atoms with Gasteiger partial charge in [-0.05, 0) is 60.7 Å². The predicted octanol–water partition coefficient (Wildman–Crippen LogP) is 5.29. The number of benzene rings is 2. The van der Waals surface area contributed by atoms with Crippen LogP contribution in [0.4, 0.5) is 5.69 Å². The molecular formula is C25H27N3O3. The Balaban J connectivity index is 1.67. The van der Waals surface area contributed by atoms with Crippen molar-refractivity contribution in [2.24, 2.45) is 5.10 Å². The Morgan fingerprint density at radius 2 is 1.65 bits per heavy atom. The molecule has 3 aromatic rings. The van der Waals surface area contributed by atoms with Crippen LogP contribution >= 0.6 is 0 Å². The van der Waals surface area contributed by atoms with Crippen molar-refractivity contribution in [1.82, 2.24) is 5.43 Å². The van der Waals surface area contributed by atoms with Gasteiger partial charge in [0.25, 0.3) is 11.8 Å². The average molecular weight is 418 g/mol. The summed E-state index contributed by atoms with van der Waals surface area (Å²) in [7, 11) is 0. The summed E-state index contributed by atoms with van der Waals surface area (Å²) in [6, 6.07) is 16.4. The maximum Gasteiger partial charge on any atom is 0.271 e. The van der Waals surface area contributed by atoms with E-state index in [0.29, 0.717) is 28.3 Å². The summed E-state index contributed by atoms with van der Waals surface area (Å²) in [5.74, 6) is 0.0364. The first kappa shape index (κ1) is 22.0. The lowest BCUT2D eigenvalue weighted by atomic mass is 9.87. The molecule has 2 aromatic carbocycles. The van der Waals surface area contributed by atoms with E-state index in [-0.39, 0.29) is 17.2 Å². The Kier molecular flexibility index (Phi) is 6.39. The molecule has 0 aliphatic heterocycles. The second kappa shape index (κ2) is 9.00. The topological polar surface area (TPSA) is 83.7 Å². The van der Waals surface area contributed by atoms with E-state index in [0.717, 1.165) is 11.1 Å². The van der Waals surface area contributed by atoms with Crippen LogP contribution in [0.25, 0.3) is 0 Å². The van der Waals surface area contributed by atoms with Gasteiger partial charge in [-0.25, -0.2) is 5.43 Å². The molecule has 0 saturated carbocycles. The monoisotopic (exact) mass is 417 g/mol. The number of carbonyl (C=O) groups is 2. The van der Waals surface area contributed by atoms with Gasteiger partial charge in [-0.2, -0.15) is 5.10 Å². The van der Waals surface area contributed by atoms with Crippen LogP contribution in [-0.4, -0.2) is 17.5 Å². The summed E-state index contributed by atoms with van der Waals surface area (Å²) in [5.41, 5.74) is 6.84. The number of nitrogens with one attached hydrogen (secondary N) is 2. The van der Waals surface area contributed by atoms with Crippen LogP contribution in [-0.2, 0) is 5.41 Å². The van der Waals surface area contributed by atoms with E-state index in [4.69, 9.17) is 4.42 Å². The summed E-state index contributed by atoms with van der Waals surface area (Å²) in [4.78, 5) is 24.8. The third kappa shape index (κ3) is 5.48. The molecule has 0 radical (unpaired) electrons. The molecule has 0 aliphatic carbocycles. The summed E-state index contributed by atoms with van der Waals surface area (Å²) < 4.78 is 5.18.